The van der Waals surface area contributed by atoms with Gasteiger partial charge < -0.3 is 9.42 Å². The standard InChI is InChI=1S/C19H25ClN4O2/c1-3-23(11-15-7-4-5-9-17(15)20)13-18(25)24-10-6-8-16(12-24)19-21-14(2)22-26-19/h4-5,7,9,16H,3,6,8,10-13H2,1-2H3/t16-/m1/s1. The van der Waals surface area contributed by atoms with Gasteiger partial charge in [0.2, 0.25) is 11.8 Å². The van der Waals surface area contributed by atoms with E-state index >= 15 is 0 Å². The van der Waals surface area contributed by atoms with Gasteiger partial charge in [-0.15, -0.1) is 0 Å². The van der Waals surface area contributed by atoms with Crippen molar-refractivity contribution < 1.29 is 9.32 Å². The fraction of sp³-hybridized carbons (Fsp3) is 0.526. The van der Waals surface area contributed by atoms with Crippen LogP contribution in [-0.4, -0.2) is 52.0 Å². The van der Waals surface area contributed by atoms with Gasteiger partial charge in [0, 0.05) is 24.7 Å². The van der Waals surface area contributed by atoms with Crippen LogP contribution < -0.4 is 0 Å². The third-order valence-electron chi connectivity index (χ3n) is 4.82. The average molecular weight is 377 g/mol. The molecule has 3 rings (SSSR count). The molecule has 1 saturated heterocycles. The lowest BCUT2D eigenvalue weighted by Gasteiger charge is -2.32. The van der Waals surface area contributed by atoms with E-state index in [2.05, 4.69) is 22.0 Å². The van der Waals surface area contributed by atoms with Crippen molar-refractivity contribution in [1.29, 1.82) is 0 Å². The first-order valence-corrected chi connectivity index (χ1v) is 9.48. The Hall–Kier alpha value is -1.92. The molecule has 26 heavy (non-hydrogen) atoms. The summed E-state index contributed by atoms with van der Waals surface area (Å²) >= 11 is 6.25. The summed E-state index contributed by atoms with van der Waals surface area (Å²) in [6.45, 7) is 7.14. The number of amides is 1. The second kappa shape index (κ2) is 8.64. The van der Waals surface area contributed by atoms with Crippen LogP contribution in [0.4, 0.5) is 0 Å². The lowest BCUT2D eigenvalue weighted by atomic mass is 9.98. The van der Waals surface area contributed by atoms with Crippen LogP contribution in [0.15, 0.2) is 28.8 Å². The Labute approximate surface area is 159 Å². The SMILES string of the molecule is CCN(CC(=O)N1CCC[C@@H](c2nc(C)no2)C1)Cc1ccccc1Cl. The van der Waals surface area contributed by atoms with Crippen molar-refractivity contribution in [2.45, 2.75) is 39.2 Å². The van der Waals surface area contributed by atoms with Gasteiger partial charge in [-0.05, 0) is 37.9 Å². The summed E-state index contributed by atoms with van der Waals surface area (Å²) in [5.74, 6) is 1.55. The monoisotopic (exact) mass is 376 g/mol. The zero-order valence-corrected chi connectivity index (χ0v) is 16.1. The Kier molecular flexibility index (Phi) is 6.27. The molecule has 0 aliphatic carbocycles. The average Bonchev–Trinajstić information content (AvgIpc) is 3.09. The van der Waals surface area contributed by atoms with Gasteiger partial charge in [-0.1, -0.05) is 41.9 Å². The van der Waals surface area contributed by atoms with Gasteiger partial charge in [0.1, 0.15) is 0 Å². The molecule has 0 N–H and O–H groups in total. The molecule has 2 aromatic rings. The number of halogens is 1. The van der Waals surface area contributed by atoms with E-state index in [4.69, 9.17) is 16.1 Å². The smallest absolute Gasteiger partial charge is 0.236 e. The fourth-order valence-electron chi connectivity index (χ4n) is 3.32. The summed E-state index contributed by atoms with van der Waals surface area (Å²) in [5.41, 5.74) is 1.04. The van der Waals surface area contributed by atoms with E-state index in [-0.39, 0.29) is 11.8 Å². The van der Waals surface area contributed by atoms with Gasteiger partial charge in [0.25, 0.3) is 0 Å². The Morgan fingerprint density at radius 1 is 1.42 bits per heavy atom. The number of hydrogen-bond donors (Lipinski definition) is 0. The van der Waals surface area contributed by atoms with Gasteiger partial charge in [-0.2, -0.15) is 4.98 Å². The van der Waals surface area contributed by atoms with Crippen molar-refractivity contribution in [3.8, 4) is 0 Å². The highest BCUT2D eigenvalue weighted by Gasteiger charge is 2.28. The van der Waals surface area contributed by atoms with Crippen molar-refractivity contribution in [2.24, 2.45) is 0 Å². The van der Waals surface area contributed by atoms with Crippen LogP contribution >= 0.6 is 11.6 Å². The predicted octanol–water partition coefficient (Wildman–Crippen LogP) is 3.26. The molecular weight excluding hydrogens is 352 g/mol. The Morgan fingerprint density at radius 2 is 2.23 bits per heavy atom. The summed E-state index contributed by atoms with van der Waals surface area (Å²) in [6.07, 6.45) is 1.93. The van der Waals surface area contributed by atoms with Crippen LogP contribution in [0, 0.1) is 6.92 Å². The van der Waals surface area contributed by atoms with E-state index in [9.17, 15) is 4.79 Å². The number of rotatable bonds is 6. The minimum atomic E-state index is 0.132. The third-order valence-corrected chi connectivity index (χ3v) is 5.19. The number of carbonyl (C=O) groups is 1. The van der Waals surface area contributed by atoms with Crippen molar-refractivity contribution in [3.05, 3.63) is 46.6 Å². The summed E-state index contributed by atoms with van der Waals surface area (Å²) in [4.78, 5) is 21.2. The lowest BCUT2D eigenvalue weighted by Crippen LogP contribution is -2.44. The zero-order valence-electron chi connectivity index (χ0n) is 15.3. The molecule has 1 fully saturated rings. The van der Waals surface area contributed by atoms with E-state index < -0.39 is 0 Å². The minimum absolute atomic E-state index is 0.132. The highest BCUT2D eigenvalue weighted by Crippen LogP contribution is 2.26. The highest BCUT2D eigenvalue weighted by atomic mass is 35.5. The summed E-state index contributed by atoms with van der Waals surface area (Å²) < 4.78 is 5.30. The Bertz CT molecular complexity index is 749. The molecule has 0 bridgehead atoms. The predicted molar refractivity (Wildman–Crippen MR) is 100.0 cm³/mol. The number of nitrogens with zero attached hydrogens (tertiary/aromatic N) is 4. The second-order valence-electron chi connectivity index (χ2n) is 6.75. The molecule has 0 saturated carbocycles. The summed E-state index contributed by atoms with van der Waals surface area (Å²) in [7, 11) is 0. The molecular formula is C19H25ClN4O2. The number of hydrogen-bond acceptors (Lipinski definition) is 5. The third kappa shape index (κ3) is 4.62. The molecule has 1 aromatic heterocycles. The van der Waals surface area contributed by atoms with Crippen LogP contribution in [0.25, 0.3) is 0 Å². The molecule has 7 heteroatoms. The van der Waals surface area contributed by atoms with Gasteiger partial charge in [0.05, 0.1) is 12.5 Å². The number of likely N-dealkylation sites (N-methyl/N-ethyl adjacent to an activating group) is 1. The van der Waals surface area contributed by atoms with Gasteiger partial charge in [-0.3, -0.25) is 9.69 Å². The van der Waals surface area contributed by atoms with Gasteiger partial charge in [-0.25, -0.2) is 0 Å². The number of benzene rings is 1. The molecule has 0 unspecified atom stereocenters. The molecule has 1 aromatic carbocycles. The van der Waals surface area contributed by atoms with Crippen LogP contribution in [0.5, 0.6) is 0 Å². The van der Waals surface area contributed by atoms with E-state index in [1.807, 2.05) is 36.1 Å². The number of aryl methyl sites for hydroxylation is 1. The molecule has 2 heterocycles. The lowest BCUT2D eigenvalue weighted by molar-refractivity contribution is -0.133. The quantitative estimate of drug-likeness (QED) is 0.774. The molecule has 6 nitrogen and oxygen atoms in total. The molecule has 1 atom stereocenters. The number of piperidine rings is 1. The van der Waals surface area contributed by atoms with Crippen molar-refractivity contribution in [2.75, 3.05) is 26.2 Å². The van der Waals surface area contributed by atoms with Gasteiger partial charge in [0.15, 0.2) is 5.82 Å². The first-order valence-electron chi connectivity index (χ1n) is 9.10. The van der Waals surface area contributed by atoms with Crippen LogP contribution in [0.1, 0.15) is 43.0 Å². The van der Waals surface area contributed by atoms with E-state index in [1.165, 1.54) is 0 Å². The van der Waals surface area contributed by atoms with Crippen molar-refractivity contribution in [3.63, 3.8) is 0 Å². The summed E-state index contributed by atoms with van der Waals surface area (Å²) in [6, 6.07) is 7.78. The first kappa shape index (κ1) is 18.9. The maximum Gasteiger partial charge on any atom is 0.236 e. The highest BCUT2D eigenvalue weighted by molar-refractivity contribution is 6.31. The van der Waals surface area contributed by atoms with Crippen LogP contribution in [-0.2, 0) is 11.3 Å². The van der Waals surface area contributed by atoms with Gasteiger partial charge >= 0.3 is 0 Å². The fourth-order valence-corrected chi connectivity index (χ4v) is 3.52. The molecule has 140 valence electrons. The molecule has 0 radical (unpaired) electrons. The van der Waals surface area contributed by atoms with E-state index in [0.717, 1.165) is 36.5 Å². The first-order chi connectivity index (χ1) is 12.6. The molecule has 0 spiro atoms. The maximum absolute atomic E-state index is 12.8. The number of likely N-dealkylation sites (tertiary alicyclic amines) is 1. The minimum Gasteiger partial charge on any atom is -0.341 e. The molecule has 1 aliphatic rings. The molecule has 1 aliphatic heterocycles. The van der Waals surface area contributed by atoms with Crippen molar-refractivity contribution in [1.82, 2.24) is 19.9 Å². The van der Waals surface area contributed by atoms with Crippen LogP contribution in [0.3, 0.4) is 0 Å². The Morgan fingerprint density at radius 3 is 2.92 bits per heavy atom. The van der Waals surface area contributed by atoms with E-state index in [1.54, 1.807) is 0 Å². The second-order valence-corrected chi connectivity index (χ2v) is 7.16. The number of carbonyl (C=O) groups excluding carboxylic acids is 1. The zero-order chi connectivity index (χ0) is 18.5. The van der Waals surface area contributed by atoms with Crippen LogP contribution in [0.2, 0.25) is 5.02 Å². The maximum atomic E-state index is 12.8. The topological polar surface area (TPSA) is 62.5 Å². The Balaban J connectivity index is 1.59. The summed E-state index contributed by atoms with van der Waals surface area (Å²) in [5, 5.41) is 4.61. The number of aromatic nitrogens is 2. The largest absolute Gasteiger partial charge is 0.341 e. The normalized spacial score (nSPS) is 17.7. The van der Waals surface area contributed by atoms with Crippen molar-refractivity contribution >= 4 is 17.5 Å². The van der Waals surface area contributed by atoms with E-state index in [0.29, 0.717) is 31.3 Å². The molecule has 1 amide bonds.